The fourth-order valence-corrected chi connectivity index (χ4v) is 6.06. The average molecular weight is 721 g/mol. The number of aliphatic hydroxyl groups is 1. The lowest BCUT2D eigenvalue weighted by Crippen LogP contribution is -2.50. The summed E-state index contributed by atoms with van der Waals surface area (Å²) >= 11 is 0. The van der Waals surface area contributed by atoms with Crippen LogP contribution in [0, 0.1) is 17.0 Å². The van der Waals surface area contributed by atoms with Crippen molar-refractivity contribution in [2.24, 2.45) is 11.1 Å². The van der Waals surface area contributed by atoms with E-state index >= 15 is 0 Å². The first-order valence-corrected chi connectivity index (χ1v) is 17.2. The number of benzene rings is 2. The fourth-order valence-electron chi connectivity index (χ4n) is 6.06. The maximum atomic E-state index is 14.9. The highest BCUT2D eigenvalue weighted by Gasteiger charge is 2.39. The van der Waals surface area contributed by atoms with Crippen molar-refractivity contribution >= 4 is 29.5 Å². The van der Waals surface area contributed by atoms with E-state index in [2.05, 4.69) is 16.2 Å². The van der Waals surface area contributed by atoms with Crippen LogP contribution in [0.15, 0.2) is 72.9 Å². The van der Waals surface area contributed by atoms with E-state index < -0.39 is 52.8 Å². The molecule has 2 heterocycles. The van der Waals surface area contributed by atoms with Crippen molar-refractivity contribution in [1.29, 1.82) is 0 Å². The lowest BCUT2D eigenvalue weighted by atomic mass is 9.74. The Kier molecular flexibility index (Phi) is 13.6. The first-order chi connectivity index (χ1) is 24.6. The van der Waals surface area contributed by atoms with E-state index in [4.69, 9.17) is 5.73 Å². The Balaban J connectivity index is 1.31. The molecule has 6 N–H and O–H groups in total. The topological polar surface area (TPSA) is 176 Å². The molecule has 0 radical (unpaired) electrons. The van der Waals surface area contributed by atoms with E-state index in [1.165, 1.54) is 12.2 Å². The molecular weight excluding hydrogens is 674 g/mol. The molecule has 5 amide bonds. The van der Waals surface area contributed by atoms with Crippen molar-refractivity contribution in [3.63, 3.8) is 0 Å². The van der Waals surface area contributed by atoms with Gasteiger partial charge in [0, 0.05) is 67.1 Å². The maximum Gasteiger partial charge on any atom is 0.255 e. The van der Waals surface area contributed by atoms with Crippen LogP contribution in [0.25, 0.3) is 11.1 Å². The lowest BCUT2D eigenvalue weighted by Gasteiger charge is -2.35. The number of hydrogen-bond acceptors (Lipinski definition) is 7. The number of hydrogen-bond donors (Lipinski definition) is 5. The fraction of sp³-hybridized carbons (Fsp3) is 0.395. The molecule has 1 aliphatic heterocycles. The van der Waals surface area contributed by atoms with Crippen LogP contribution in [-0.4, -0.2) is 69.3 Å². The predicted octanol–water partition coefficient (Wildman–Crippen LogP) is 3.44. The molecular formula is C38H46F2N6O6. The zero-order valence-electron chi connectivity index (χ0n) is 29.5. The predicted molar refractivity (Wildman–Crippen MR) is 190 cm³/mol. The summed E-state index contributed by atoms with van der Waals surface area (Å²) < 4.78 is 30.9. The van der Waals surface area contributed by atoms with Crippen molar-refractivity contribution in [3.05, 3.63) is 95.8 Å². The molecule has 3 aromatic rings. The Bertz CT molecular complexity index is 1770. The largest absolute Gasteiger partial charge is 0.383 e. The van der Waals surface area contributed by atoms with Gasteiger partial charge < -0.3 is 20.7 Å². The van der Waals surface area contributed by atoms with Gasteiger partial charge in [0.05, 0.1) is 6.04 Å². The quantitative estimate of drug-likeness (QED) is 0.0856. The summed E-state index contributed by atoms with van der Waals surface area (Å²) in [6, 6.07) is 13.2. The Morgan fingerprint density at radius 2 is 1.60 bits per heavy atom. The van der Waals surface area contributed by atoms with Crippen molar-refractivity contribution in [2.45, 2.75) is 77.5 Å². The number of amides is 5. The Morgan fingerprint density at radius 1 is 0.904 bits per heavy atom. The molecule has 2 aromatic carbocycles. The number of rotatable bonds is 16. The molecule has 0 bridgehead atoms. The second kappa shape index (κ2) is 17.8. The molecule has 0 spiro atoms. The van der Waals surface area contributed by atoms with Crippen molar-refractivity contribution in [1.82, 2.24) is 25.6 Å². The molecule has 12 nitrogen and oxygen atoms in total. The highest BCUT2D eigenvalue weighted by molar-refractivity contribution is 6.12. The van der Waals surface area contributed by atoms with Crippen LogP contribution >= 0.6 is 0 Å². The lowest BCUT2D eigenvalue weighted by molar-refractivity contribution is -0.137. The van der Waals surface area contributed by atoms with E-state index in [1.807, 2.05) is 55.7 Å². The summed E-state index contributed by atoms with van der Waals surface area (Å²) in [7, 11) is 0. The monoisotopic (exact) mass is 720 g/mol. The number of hydrazine groups is 1. The Labute approximate surface area is 301 Å². The van der Waals surface area contributed by atoms with Gasteiger partial charge in [0.2, 0.25) is 11.8 Å². The number of nitrogens with zero attached hydrogens (tertiary/aromatic N) is 2. The molecule has 3 atom stereocenters. The highest BCUT2D eigenvalue weighted by atomic mass is 19.1. The number of aliphatic hydroxyl groups excluding tert-OH is 1. The number of carbonyl (C=O) groups excluding carboxylic acids is 5. The number of imide groups is 1. The average Bonchev–Trinajstić information content (AvgIpc) is 3.65. The van der Waals surface area contributed by atoms with Gasteiger partial charge in [-0.05, 0) is 54.5 Å². The van der Waals surface area contributed by atoms with Gasteiger partial charge >= 0.3 is 0 Å². The number of aromatic nitrogens is 1. The van der Waals surface area contributed by atoms with E-state index in [1.54, 1.807) is 12.3 Å². The standard InChI is InChI=1S/C38H46F2N6O6/c1-38(2,3)34(30-20-25(27-21-26(39)13-14-28(27)40)23-45(30)22-24-10-6-4-7-11-24)35(50)37(52)42-18-17-29(41)36(51)44-43-31(47)12-8-5-9-19-46-32(48)15-16-33(46)49/h4,6-7,10-11,13-16,20-21,23,29,34-35,50H,5,8-9,12,17-19,22,41H2,1-3H3,(H,42,52)(H,43,47)(H,44,51)/t29-,34+,35?/m0/s1. The van der Waals surface area contributed by atoms with E-state index in [0.717, 1.165) is 28.7 Å². The maximum absolute atomic E-state index is 14.9. The molecule has 0 aliphatic carbocycles. The minimum atomic E-state index is -1.56. The molecule has 0 saturated heterocycles. The molecule has 1 unspecified atom stereocenters. The number of unbranched alkanes of at least 4 members (excludes halogenated alkanes) is 2. The highest BCUT2D eigenvalue weighted by Crippen LogP contribution is 2.41. The zero-order chi connectivity index (χ0) is 38.0. The van der Waals surface area contributed by atoms with Crippen LogP contribution in [-0.2, 0) is 30.5 Å². The molecule has 4 rings (SSSR count). The van der Waals surface area contributed by atoms with Crippen molar-refractivity contribution in [2.75, 3.05) is 13.1 Å². The van der Waals surface area contributed by atoms with Crippen LogP contribution in [0.4, 0.5) is 8.78 Å². The van der Waals surface area contributed by atoms with E-state index in [9.17, 15) is 37.9 Å². The van der Waals surface area contributed by atoms with E-state index in [0.29, 0.717) is 37.1 Å². The van der Waals surface area contributed by atoms with Gasteiger partial charge in [-0.3, -0.25) is 39.7 Å². The third-order valence-electron chi connectivity index (χ3n) is 8.80. The summed E-state index contributed by atoms with van der Waals surface area (Å²) in [5, 5.41) is 14.1. The number of nitrogens with two attached hydrogens (primary N) is 1. The minimum absolute atomic E-state index is 0.00345. The summed E-state index contributed by atoms with van der Waals surface area (Å²) in [6.45, 7) is 6.14. The second-order valence-corrected chi connectivity index (χ2v) is 13.9. The summed E-state index contributed by atoms with van der Waals surface area (Å²) in [5.41, 5.74) is 11.8. The molecule has 278 valence electrons. The molecule has 52 heavy (non-hydrogen) atoms. The smallest absolute Gasteiger partial charge is 0.255 e. The first-order valence-electron chi connectivity index (χ1n) is 17.2. The third kappa shape index (κ3) is 10.7. The number of carbonyl (C=O) groups is 5. The number of halogens is 2. The van der Waals surface area contributed by atoms with Gasteiger partial charge in [0.25, 0.3) is 17.7 Å². The van der Waals surface area contributed by atoms with Gasteiger partial charge in [-0.1, -0.05) is 57.5 Å². The SMILES string of the molecule is CC(C)(C)[C@H](c1cc(-c2cc(F)ccc2F)cn1Cc1ccccc1)C(O)C(=O)NCC[C@H](N)C(=O)NNC(=O)CCCCCN1C(=O)C=CC1=O. The van der Waals surface area contributed by atoms with Crippen molar-refractivity contribution in [3.8, 4) is 11.1 Å². The zero-order valence-corrected chi connectivity index (χ0v) is 29.5. The van der Waals surface area contributed by atoms with Crippen LogP contribution in [0.3, 0.4) is 0 Å². The van der Waals surface area contributed by atoms with Gasteiger partial charge in [-0.2, -0.15) is 0 Å². The molecule has 0 fully saturated rings. The Morgan fingerprint density at radius 3 is 2.27 bits per heavy atom. The normalized spacial score (nSPS) is 14.6. The third-order valence-corrected chi connectivity index (χ3v) is 8.80. The van der Waals surface area contributed by atoms with Crippen LogP contribution < -0.4 is 21.9 Å². The molecule has 0 saturated carbocycles. The van der Waals surface area contributed by atoms with Crippen LogP contribution in [0.2, 0.25) is 0 Å². The summed E-state index contributed by atoms with van der Waals surface area (Å²) in [6.07, 6.45) is 4.25. The van der Waals surface area contributed by atoms with Gasteiger partial charge in [-0.25, -0.2) is 8.78 Å². The van der Waals surface area contributed by atoms with Crippen LogP contribution in [0.5, 0.6) is 0 Å². The second-order valence-electron chi connectivity index (χ2n) is 13.9. The minimum Gasteiger partial charge on any atom is -0.383 e. The Hall–Kier alpha value is -5.21. The van der Waals surface area contributed by atoms with Gasteiger partial charge in [0.1, 0.15) is 17.7 Å². The van der Waals surface area contributed by atoms with Gasteiger partial charge in [-0.15, -0.1) is 0 Å². The van der Waals surface area contributed by atoms with Crippen LogP contribution in [0.1, 0.15) is 70.1 Å². The number of nitrogens with one attached hydrogen (secondary N) is 3. The molecule has 1 aromatic heterocycles. The summed E-state index contributed by atoms with van der Waals surface area (Å²) in [4.78, 5) is 62.3. The molecule has 1 aliphatic rings. The van der Waals surface area contributed by atoms with Crippen molar-refractivity contribution < 1.29 is 37.9 Å². The van der Waals surface area contributed by atoms with E-state index in [-0.39, 0.29) is 43.3 Å². The summed E-state index contributed by atoms with van der Waals surface area (Å²) in [5.74, 6) is -4.55. The van der Waals surface area contributed by atoms with Gasteiger partial charge in [0.15, 0.2) is 0 Å². The molecule has 14 heteroatoms. The first kappa shape index (κ1) is 39.6.